The number of carbonyl (C=O) groups excluding carboxylic acids is 2. The predicted octanol–water partition coefficient (Wildman–Crippen LogP) is -0.320. The van der Waals surface area contributed by atoms with E-state index in [9.17, 15) is 9.59 Å². The minimum atomic E-state index is -0.371. The van der Waals surface area contributed by atoms with Gasteiger partial charge in [-0.3, -0.25) is 4.79 Å². The van der Waals surface area contributed by atoms with Crippen LogP contribution in [0, 0.1) is 0 Å². The van der Waals surface area contributed by atoms with Gasteiger partial charge < -0.3 is 20.1 Å². The van der Waals surface area contributed by atoms with E-state index in [1.54, 1.807) is 13.8 Å². The highest BCUT2D eigenvalue weighted by Gasteiger charge is 2.10. The second-order valence-electron chi connectivity index (χ2n) is 3.43. The Hall–Kier alpha value is -1.14. The van der Waals surface area contributed by atoms with E-state index in [2.05, 4.69) is 10.6 Å². The van der Waals surface area contributed by atoms with Crippen molar-refractivity contribution in [1.29, 1.82) is 0 Å². The normalized spacial score (nSPS) is 11.9. The monoisotopic (exact) mass is 246 g/mol. The molecule has 0 heterocycles. The molecule has 0 aromatic carbocycles. The fraction of sp³-hybridized carbons (Fsp3) is 0.818. The first-order chi connectivity index (χ1) is 8.11. The van der Waals surface area contributed by atoms with E-state index >= 15 is 0 Å². The highest BCUT2D eigenvalue weighted by Crippen LogP contribution is 1.83. The van der Waals surface area contributed by atoms with Gasteiger partial charge in [0.25, 0.3) is 0 Å². The molecule has 0 aromatic rings. The van der Waals surface area contributed by atoms with Gasteiger partial charge in [0.1, 0.15) is 6.61 Å². The zero-order chi connectivity index (χ0) is 13.1. The second-order valence-corrected chi connectivity index (χ2v) is 3.43. The summed E-state index contributed by atoms with van der Waals surface area (Å²) in [5, 5.41) is 5.69. The summed E-state index contributed by atoms with van der Waals surface area (Å²) in [7, 11) is 0. The standard InChI is InChI=1S/C11H22N2O4/c1-4-12-11(15)9(3)13-6-7-16-8-10(14)17-5-2/h9,13H,4-8H2,1-3H3,(H,12,15). The third-order valence-electron chi connectivity index (χ3n) is 1.97. The van der Waals surface area contributed by atoms with Gasteiger partial charge in [-0.15, -0.1) is 0 Å². The number of rotatable bonds is 9. The Labute approximate surface area is 102 Å². The van der Waals surface area contributed by atoms with Crippen molar-refractivity contribution in [3.8, 4) is 0 Å². The zero-order valence-corrected chi connectivity index (χ0v) is 10.7. The summed E-state index contributed by atoms with van der Waals surface area (Å²) in [5.74, 6) is -0.415. The maximum atomic E-state index is 11.3. The summed E-state index contributed by atoms with van der Waals surface area (Å²) >= 11 is 0. The van der Waals surface area contributed by atoms with E-state index in [1.165, 1.54) is 0 Å². The summed E-state index contributed by atoms with van der Waals surface area (Å²) in [6.07, 6.45) is 0. The van der Waals surface area contributed by atoms with Gasteiger partial charge >= 0.3 is 5.97 Å². The summed E-state index contributed by atoms with van der Waals surface area (Å²) in [5.41, 5.74) is 0. The number of likely N-dealkylation sites (N-methyl/N-ethyl adjacent to an activating group) is 1. The lowest BCUT2D eigenvalue weighted by Gasteiger charge is -2.13. The Balaban J connectivity index is 3.45. The molecule has 0 saturated heterocycles. The number of hydrogen-bond acceptors (Lipinski definition) is 5. The van der Waals surface area contributed by atoms with Crippen molar-refractivity contribution in [1.82, 2.24) is 10.6 Å². The number of nitrogens with one attached hydrogen (secondary N) is 2. The average molecular weight is 246 g/mol. The number of hydrogen-bond donors (Lipinski definition) is 2. The van der Waals surface area contributed by atoms with Crippen molar-refractivity contribution in [2.75, 3.05) is 32.9 Å². The van der Waals surface area contributed by atoms with Gasteiger partial charge in [-0.2, -0.15) is 0 Å². The summed E-state index contributed by atoms with van der Waals surface area (Å²) < 4.78 is 9.76. The summed E-state index contributed by atoms with van der Waals surface area (Å²) in [6, 6.07) is -0.263. The highest BCUT2D eigenvalue weighted by molar-refractivity contribution is 5.81. The topological polar surface area (TPSA) is 76.7 Å². The van der Waals surface area contributed by atoms with Gasteiger partial charge in [0.2, 0.25) is 5.91 Å². The molecule has 6 heteroatoms. The van der Waals surface area contributed by atoms with Crippen LogP contribution in [0.1, 0.15) is 20.8 Å². The Kier molecular flexibility index (Phi) is 9.37. The number of ether oxygens (including phenoxy) is 2. The van der Waals surface area contributed by atoms with Gasteiger partial charge in [0.15, 0.2) is 0 Å². The van der Waals surface area contributed by atoms with E-state index in [0.29, 0.717) is 26.3 Å². The molecule has 100 valence electrons. The third-order valence-corrected chi connectivity index (χ3v) is 1.97. The van der Waals surface area contributed by atoms with E-state index in [0.717, 1.165) is 0 Å². The lowest BCUT2D eigenvalue weighted by atomic mass is 10.3. The Morgan fingerprint density at radius 1 is 1.29 bits per heavy atom. The van der Waals surface area contributed by atoms with Crippen molar-refractivity contribution < 1.29 is 19.1 Å². The van der Waals surface area contributed by atoms with Gasteiger partial charge in [-0.25, -0.2) is 4.79 Å². The molecule has 6 nitrogen and oxygen atoms in total. The Morgan fingerprint density at radius 3 is 2.59 bits per heavy atom. The van der Waals surface area contributed by atoms with E-state index in [1.807, 2.05) is 6.92 Å². The molecule has 1 atom stereocenters. The van der Waals surface area contributed by atoms with Crippen LogP contribution in [0.5, 0.6) is 0 Å². The zero-order valence-electron chi connectivity index (χ0n) is 10.7. The second kappa shape index (κ2) is 10.0. The highest BCUT2D eigenvalue weighted by atomic mass is 16.6. The van der Waals surface area contributed by atoms with Gasteiger partial charge in [-0.1, -0.05) is 0 Å². The molecule has 1 amide bonds. The van der Waals surface area contributed by atoms with Crippen molar-refractivity contribution in [2.45, 2.75) is 26.8 Å². The number of esters is 1. The van der Waals surface area contributed by atoms with E-state index in [-0.39, 0.29) is 24.5 Å². The van der Waals surface area contributed by atoms with Crippen LogP contribution >= 0.6 is 0 Å². The maximum absolute atomic E-state index is 11.3. The number of amides is 1. The summed E-state index contributed by atoms with van der Waals surface area (Å²) in [6.45, 7) is 7.18. The largest absolute Gasteiger partial charge is 0.464 e. The smallest absolute Gasteiger partial charge is 0.332 e. The molecule has 0 aliphatic rings. The first kappa shape index (κ1) is 15.9. The molecule has 0 aliphatic heterocycles. The molecule has 0 aromatic heterocycles. The van der Waals surface area contributed by atoms with E-state index < -0.39 is 0 Å². The van der Waals surface area contributed by atoms with Crippen LogP contribution < -0.4 is 10.6 Å². The first-order valence-corrected chi connectivity index (χ1v) is 5.86. The predicted molar refractivity (Wildman–Crippen MR) is 63.6 cm³/mol. The summed E-state index contributed by atoms with van der Waals surface area (Å²) in [4.78, 5) is 22.2. The maximum Gasteiger partial charge on any atom is 0.332 e. The molecule has 0 bridgehead atoms. The number of carbonyl (C=O) groups is 2. The molecule has 0 radical (unpaired) electrons. The molecule has 0 rings (SSSR count). The van der Waals surface area contributed by atoms with Crippen LogP contribution in [0.3, 0.4) is 0 Å². The van der Waals surface area contributed by atoms with Crippen molar-refractivity contribution in [3.05, 3.63) is 0 Å². The van der Waals surface area contributed by atoms with Crippen LogP contribution in [0.15, 0.2) is 0 Å². The molecule has 0 saturated carbocycles. The SMILES string of the molecule is CCNC(=O)C(C)NCCOCC(=O)OCC. The van der Waals surface area contributed by atoms with Crippen molar-refractivity contribution in [3.63, 3.8) is 0 Å². The van der Waals surface area contributed by atoms with Crippen LogP contribution in [0.2, 0.25) is 0 Å². The first-order valence-electron chi connectivity index (χ1n) is 5.86. The lowest BCUT2D eigenvalue weighted by Crippen LogP contribution is -2.43. The van der Waals surface area contributed by atoms with Crippen molar-refractivity contribution in [2.24, 2.45) is 0 Å². The van der Waals surface area contributed by atoms with Gasteiger partial charge in [-0.05, 0) is 20.8 Å². The molecule has 0 fully saturated rings. The molecule has 17 heavy (non-hydrogen) atoms. The third kappa shape index (κ3) is 8.65. The Morgan fingerprint density at radius 2 is 2.00 bits per heavy atom. The van der Waals surface area contributed by atoms with E-state index in [4.69, 9.17) is 9.47 Å². The van der Waals surface area contributed by atoms with Crippen LogP contribution in [-0.2, 0) is 19.1 Å². The lowest BCUT2D eigenvalue weighted by molar-refractivity contribution is -0.148. The fourth-order valence-electron chi connectivity index (χ4n) is 1.13. The fourth-order valence-corrected chi connectivity index (χ4v) is 1.13. The van der Waals surface area contributed by atoms with Crippen molar-refractivity contribution >= 4 is 11.9 Å². The molecular weight excluding hydrogens is 224 g/mol. The molecule has 1 unspecified atom stereocenters. The van der Waals surface area contributed by atoms with Crippen LogP contribution in [0.4, 0.5) is 0 Å². The van der Waals surface area contributed by atoms with Crippen LogP contribution in [0.25, 0.3) is 0 Å². The van der Waals surface area contributed by atoms with Crippen LogP contribution in [-0.4, -0.2) is 50.8 Å². The average Bonchev–Trinajstić information content (AvgIpc) is 2.29. The molecule has 0 spiro atoms. The Bertz CT molecular complexity index is 234. The van der Waals surface area contributed by atoms with Gasteiger partial charge in [0.05, 0.1) is 19.3 Å². The molecular formula is C11H22N2O4. The minimum absolute atomic E-state index is 0.0436. The van der Waals surface area contributed by atoms with Gasteiger partial charge in [0, 0.05) is 13.1 Å². The molecule has 0 aliphatic carbocycles. The molecule has 2 N–H and O–H groups in total. The minimum Gasteiger partial charge on any atom is -0.464 e. The quantitative estimate of drug-likeness (QED) is 0.431.